The van der Waals surface area contributed by atoms with Crippen LogP contribution in [0, 0.1) is 0 Å². The van der Waals surface area contributed by atoms with Crippen molar-refractivity contribution in [2.75, 3.05) is 11.1 Å². The van der Waals surface area contributed by atoms with Crippen LogP contribution in [0.15, 0.2) is 88.8 Å². The molecule has 0 spiro atoms. The maximum Gasteiger partial charge on any atom is 0.262 e. The molecule has 0 aliphatic carbocycles. The molecule has 1 N–H and O–H groups in total. The predicted molar refractivity (Wildman–Crippen MR) is 132 cm³/mol. The molecule has 7 heteroatoms. The van der Waals surface area contributed by atoms with E-state index in [1.54, 1.807) is 41.0 Å². The van der Waals surface area contributed by atoms with E-state index < -0.39 is 0 Å². The highest BCUT2D eigenvalue weighted by Gasteiger charge is 2.19. The van der Waals surface area contributed by atoms with E-state index in [0.29, 0.717) is 27.3 Å². The van der Waals surface area contributed by atoms with E-state index in [2.05, 4.69) is 5.32 Å². The number of anilines is 1. The summed E-state index contributed by atoms with van der Waals surface area (Å²) in [7, 11) is 0. The summed E-state index contributed by atoms with van der Waals surface area (Å²) in [4.78, 5) is 42.1. The largest absolute Gasteiger partial charge is 0.325 e. The van der Waals surface area contributed by atoms with Gasteiger partial charge in [-0.15, -0.1) is 0 Å². The molecule has 3 aromatic carbocycles. The Morgan fingerprint density at radius 1 is 0.970 bits per heavy atom. The molecular weight excluding hydrogens is 434 g/mol. The summed E-state index contributed by atoms with van der Waals surface area (Å²) >= 11 is 1.22. The van der Waals surface area contributed by atoms with Gasteiger partial charge in [0.1, 0.15) is 0 Å². The lowest BCUT2D eigenvalue weighted by Crippen LogP contribution is -2.27. The number of nitrogens with zero attached hydrogens (tertiary/aromatic N) is 2. The van der Waals surface area contributed by atoms with Crippen LogP contribution in [0.5, 0.6) is 0 Å². The van der Waals surface area contributed by atoms with Crippen LogP contribution >= 0.6 is 11.8 Å². The number of fused-ring (bicyclic) bond motifs is 1. The summed E-state index contributed by atoms with van der Waals surface area (Å²) < 4.78 is 1.65. The second-order valence-electron chi connectivity index (χ2n) is 7.64. The molecule has 0 aliphatic rings. The van der Waals surface area contributed by atoms with Crippen molar-refractivity contribution in [3.63, 3.8) is 0 Å². The third kappa shape index (κ3) is 5.04. The van der Waals surface area contributed by atoms with Crippen molar-refractivity contribution < 1.29 is 9.59 Å². The topological polar surface area (TPSA) is 81.1 Å². The zero-order valence-electron chi connectivity index (χ0n) is 18.3. The number of Topliss-reactive ketones (excluding diaryl/α,β-unsaturated/α-hetero) is 1. The molecule has 0 saturated heterocycles. The molecule has 6 nitrogen and oxygen atoms in total. The van der Waals surface area contributed by atoms with Gasteiger partial charge < -0.3 is 5.32 Å². The van der Waals surface area contributed by atoms with Crippen molar-refractivity contribution in [3.05, 3.63) is 100 Å². The summed E-state index contributed by atoms with van der Waals surface area (Å²) in [5.41, 5.74) is 2.63. The quantitative estimate of drug-likeness (QED) is 0.242. The van der Waals surface area contributed by atoms with Gasteiger partial charge in [0.25, 0.3) is 5.56 Å². The Hall–Kier alpha value is -3.71. The molecule has 4 aromatic rings. The first-order valence-electron chi connectivity index (χ1n) is 10.5. The van der Waals surface area contributed by atoms with Crippen LogP contribution in [0.3, 0.4) is 0 Å². The van der Waals surface area contributed by atoms with Gasteiger partial charge in [-0.2, -0.15) is 0 Å². The molecule has 0 fully saturated rings. The molecule has 166 valence electrons. The first-order chi connectivity index (χ1) is 15.9. The average molecular weight is 458 g/mol. The Kier molecular flexibility index (Phi) is 6.70. The minimum Gasteiger partial charge on any atom is -0.325 e. The fourth-order valence-corrected chi connectivity index (χ4v) is 4.44. The van der Waals surface area contributed by atoms with Gasteiger partial charge in [-0.1, -0.05) is 54.2 Å². The number of ketones is 1. The van der Waals surface area contributed by atoms with Crippen molar-refractivity contribution in [2.45, 2.75) is 25.0 Å². The van der Waals surface area contributed by atoms with Crippen LogP contribution < -0.4 is 10.9 Å². The predicted octanol–water partition coefficient (Wildman–Crippen LogP) is 4.94. The Morgan fingerprint density at radius 3 is 2.33 bits per heavy atom. The number of carbonyl (C=O) groups is 2. The van der Waals surface area contributed by atoms with Crippen LogP contribution in [-0.4, -0.2) is 27.0 Å². The molecular formula is C26H23N3O3S. The van der Waals surface area contributed by atoms with Crippen molar-refractivity contribution in [1.82, 2.24) is 9.55 Å². The lowest BCUT2D eigenvalue weighted by atomic mass is 10.1. The van der Waals surface area contributed by atoms with Crippen LogP contribution in [0.1, 0.15) is 35.8 Å². The first kappa shape index (κ1) is 22.5. The van der Waals surface area contributed by atoms with E-state index in [9.17, 15) is 14.4 Å². The number of thioether (sulfide) groups is 1. The molecule has 1 aromatic heterocycles. The Bertz CT molecular complexity index is 1370. The van der Waals surface area contributed by atoms with Gasteiger partial charge in [0.15, 0.2) is 10.9 Å². The second-order valence-corrected chi connectivity index (χ2v) is 8.59. The zero-order valence-corrected chi connectivity index (χ0v) is 19.1. The summed E-state index contributed by atoms with van der Waals surface area (Å²) in [5.74, 6) is -0.172. The van der Waals surface area contributed by atoms with E-state index >= 15 is 0 Å². The molecule has 0 saturated carbocycles. The molecule has 0 bridgehead atoms. The number of amides is 1. The third-order valence-corrected chi connectivity index (χ3v) is 6.30. The van der Waals surface area contributed by atoms with Crippen molar-refractivity contribution >= 4 is 40.0 Å². The smallest absolute Gasteiger partial charge is 0.262 e. The average Bonchev–Trinajstić information content (AvgIpc) is 2.83. The molecule has 0 radical (unpaired) electrons. The Morgan fingerprint density at radius 2 is 1.64 bits per heavy atom. The fraction of sp³-hybridized carbons (Fsp3) is 0.154. The molecule has 1 heterocycles. The summed E-state index contributed by atoms with van der Waals surface area (Å²) in [6, 6.07) is 23.5. The minimum atomic E-state index is -0.250. The molecule has 1 atom stereocenters. The highest BCUT2D eigenvalue weighted by atomic mass is 32.2. The van der Waals surface area contributed by atoms with Crippen LogP contribution in [-0.2, 0) is 4.79 Å². The summed E-state index contributed by atoms with van der Waals surface area (Å²) in [6.45, 7) is 3.45. The van der Waals surface area contributed by atoms with Crippen molar-refractivity contribution in [2.24, 2.45) is 0 Å². The molecule has 4 rings (SSSR count). The zero-order chi connectivity index (χ0) is 23.4. The number of hydrogen-bond acceptors (Lipinski definition) is 5. The second kappa shape index (κ2) is 9.83. The van der Waals surface area contributed by atoms with Gasteiger partial charge in [0.05, 0.1) is 22.7 Å². The van der Waals surface area contributed by atoms with Crippen LogP contribution in [0.4, 0.5) is 5.69 Å². The maximum absolute atomic E-state index is 13.4. The lowest BCUT2D eigenvalue weighted by Gasteiger charge is -2.20. The Labute approximate surface area is 195 Å². The van der Waals surface area contributed by atoms with Crippen LogP contribution in [0.2, 0.25) is 0 Å². The van der Waals surface area contributed by atoms with Crippen molar-refractivity contribution in [1.29, 1.82) is 0 Å². The highest BCUT2D eigenvalue weighted by Crippen LogP contribution is 2.25. The van der Waals surface area contributed by atoms with E-state index in [4.69, 9.17) is 4.98 Å². The van der Waals surface area contributed by atoms with E-state index in [-0.39, 0.29) is 29.0 Å². The minimum absolute atomic E-state index is 0.0312. The van der Waals surface area contributed by atoms with Gasteiger partial charge in [0.2, 0.25) is 5.91 Å². The monoisotopic (exact) mass is 457 g/mol. The fourth-order valence-electron chi connectivity index (χ4n) is 3.56. The molecule has 1 amide bonds. The number of hydrogen-bond donors (Lipinski definition) is 1. The number of carbonyl (C=O) groups excluding carboxylic acids is 2. The summed E-state index contributed by atoms with van der Waals surface area (Å²) in [5, 5.41) is 3.85. The van der Waals surface area contributed by atoms with Gasteiger partial charge in [-0.25, -0.2) is 4.98 Å². The number of benzene rings is 3. The molecule has 33 heavy (non-hydrogen) atoms. The first-order valence-corrected chi connectivity index (χ1v) is 11.5. The number of rotatable bonds is 7. The normalized spacial score (nSPS) is 11.8. The number of nitrogens with one attached hydrogen (secondary N) is 1. The number of aromatic nitrogens is 2. The molecule has 0 unspecified atom stereocenters. The molecule has 0 aliphatic heterocycles. The van der Waals surface area contributed by atoms with E-state index in [1.807, 2.05) is 49.4 Å². The van der Waals surface area contributed by atoms with E-state index in [1.165, 1.54) is 18.7 Å². The van der Waals surface area contributed by atoms with Gasteiger partial charge in [-0.3, -0.25) is 19.0 Å². The van der Waals surface area contributed by atoms with Gasteiger partial charge >= 0.3 is 0 Å². The standard InChI is InChI=1S/C26H23N3O3S/c1-17(19-8-4-3-5-9-19)29-25(32)22-10-6-7-11-23(22)28-26(29)33-16-24(31)27-21-14-12-20(13-15-21)18(2)30/h3-15,17H,16H2,1-2H3,(H,27,31)/t17-/m1/s1. The van der Waals surface area contributed by atoms with Crippen LogP contribution in [0.25, 0.3) is 10.9 Å². The maximum atomic E-state index is 13.4. The lowest BCUT2D eigenvalue weighted by molar-refractivity contribution is -0.113. The SMILES string of the molecule is CC(=O)c1ccc(NC(=O)CSc2nc3ccccc3c(=O)n2[C@H](C)c2ccccc2)cc1. The van der Waals surface area contributed by atoms with E-state index in [0.717, 1.165) is 5.56 Å². The summed E-state index contributed by atoms with van der Waals surface area (Å²) in [6.07, 6.45) is 0. The highest BCUT2D eigenvalue weighted by molar-refractivity contribution is 7.99. The van der Waals surface area contributed by atoms with Gasteiger partial charge in [-0.05, 0) is 55.8 Å². The number of para-hydroxylation sites is 1. The Balaban J connectivity index is 1.60. The van der Waals surface area contributed by atoms with Gasteiger partial charge in [0, 0.05) is 11.3 Å². The van der Waals surface area contributed by atoms with Crippen molar-refractivity contribution in [3.8, 4) is 0 Å². The third-order valence-electron chi connectivity index (χ3n) is 5.35.